The van der Waals surface area contributed by atoms with Crippen molar-refractivity contribution in [3.63, 3.8) is 0 Å². The van der Waals surface area contributed by atoms with Gasteiger partial charge in [-0.25, -0.2) is 4.79 Å². The van der Waals surface area contributed by atoms with Crippen LogP contribution in [0.3, 0.4) is 0 Å². The van der Waals surface area contributed by atoms with Gasteiger partial charge in [-0.3, -0.25) is 14.9 Å². The number of nitrogen functional groups attached to an aromatic ring is 1. The number of nitrogens with zero attached hydrogens (tertiary/aromatic N) is 1. The SMILES string of the molecule is Cc1ccc(C)c(NC(=O)[C@H](C)OC(=O)c2ccc([N+](=O)[O-])cc2N)c1. The number of hydrogen-bond donors (Lipinski definition) is 2. The topological polar surface area (TPSA) is 125 Å². The third-order valence-electron chi connectivity index (χ3n) is 3.77. The van der Waals surface area contributed by atoms with Gasteiger partial charge in [-0.1, -0.05) is 12.1 Å². The summed E-state index contributed by atoms with van der Waals surface area (Å²) >= 11 is 0. The molecule has 0 aromatic heterocycles. The Morgan fingerprint density at radius 2 is 1.88 bits per heavy atom. The van der Waals surface area contributed by atoms with Gasteiger partial charge in [0.1, 0.15) is 0 Å². The molecule has 8 heteroatoms. The average molecular weight is 357 g/mol. The monoisotopic (exact) mass is 357 g/mol. The number of aryl methyl sites for hydroxylation is 2. The van der Waals surface area contributed by atoms with Crippen LogP contribution in [-0.2, 0) is 9.53 Å². The minimum Gasteiger partial charge on any atom is -0.449 e. The van der Waals surface area contributed by atoms with Gasteiger partial charge in [-0.05, 0) is 44.0 Å². The second kappa shape index (κ2) is 7.64. The number of nitro groups is 1. The summed E-state index contributed by atoms with van der Waals surface area (Å²) in [4.78, 5) is 34.5. The Morgan fingerprint density at radius 1 is 1.19 bits per heavy atom. The quantitative estimate of drug-likeness (QED) is 0.367. The normalized spacial score (nSPS) is 11.5. The minimum absolute atomic E-state index is 0.0398. The average Bonchev–Trinajstić information content (AvgIpc) is 2.57. The molecule has 0 aliphatic carbocycles. The van der Waals surface area contributed by atoms with Crippen LogP contribution in [0.1, 0.15) is 28.4 Å². The first-order valence-corrected chi connectivity index (χ1v) is 7.82. The molecule has 0 saturated carbocycles. The maximum Gasteiger partial charge on any atom is 0.341 e. The van der Waals surface area contributed by atoms with Gasteiger partial charge in [0.15, 0.2) is 6.10 Å². The molecule has 0 unspecified atom stereocenters. The molecule has 26 heavy (non-hydrogen) atoms. The van der Waals surface area contributed by atoms with Crippen LogP contribution in [-0.4, -0.2) is 22.9 Å². The molecule has 0 heterocycles. The molecular formula is C18H19N3O5. The molecule has 1 amide bonds. The van der Waals surface area contributed by atoms with Gasteiger partial charge in [0, 0.05) is 17.8 Å². The number of anilines is 2. The number of rotatable bonds is 5. The molecule has 0 radical (unpaired) electrons. The van der Waals surface area contributed by atoms with E-state index in [2.05, 4.69) is 5.32 Å². The molecule has 1 atom stereocenters. The van der Waals surface area contributed by atoms with Crippen LogP contribution in [0.2, 0.25) is 0 Å². The van der Waals surface area contributed by atoms with Crippen molar-refractivity contribution in [1.29, 1.82) is 0 Å². The number of carbonyl (C=O) groups is 2. The van der Waals surface area contributed by atoms with Crippen LogP contribution >= 0.6 is 0 Å². The Balaban J connectivity index is 2.07. The van der Waals surface area contributed by atoms with Crippen molar-refractivity contribution in [1.82, 2.24) is 0 Å². The molecule has 2 aromatic carbocycles. The fourth-order valence-corrected chi connectivity index (χ4v) is 2.23. The predicted molar refractivity (Wildman–Crippen MR) is 96.9 cm³/mol. The highest BCUT2D eigenvalue weighted by atomic mass is 16.6. The van der Waals surface area contributed by atoms with Gasteiger partial charge >= 0.3 is 5.97 Å². The summed E-state index contributed by atoms with van der Waals surface area (Å²) in [6, 6.07) is 9.03. The Hall–Kier alpha value is -3.42. The number of nitrogens with one attached hydrogen (secondary N) is 1. The summed E-state index contributed by atoms with van der Waals surface area (Å²) in [6.45, 7) is 5.18. The highest BCUT2D eigenvalue weighted by molar-refractivity contribution is 6.00. The molecule has 2 aromatic rings. The van der Waals surface area contributed by atoms with Crippen LogP contribution in [0, 0.1) is 24.0 Å². The second-order valence-electron chi connectivity index (χ2n) is 5.88. The van der Waals surface area contributed by atoms with Crippen molar-refractivity contribution in [2.24, 2.45) is 0 Å². The Kier molecular flexibility index (Phi) is 5.56. The number of non-ortho nitro benzene ring substituents is 1. The van der Waals surface area contributed by atoms with E-state index in [-0.39, 0.29) is 16.9 Å². The first-order chi connectivity index (χ1) is 12.2. The van der Waals surface area contributed by atoms with Crippen LogP contribution in [0.5, 0.6) is 0 Å². The first kappa shape index (κ1) is 18.9. The van der Waals surface area contributed by atoms with Gasteiger partial charge in [-0.2, -0.15) is 0 Å². The summed E-state index contributed by atoms with van der Waals surface area (Å²) in [5.74, 6) is -1.33. The summed E-state index contributed by atoms with van der Waals surface area (Å²) in [5, 5.41) is 13.4. The van der Waals surface area contributed by atoms with Crippen molar-refractivity contribution in [3.8, 4) is 0 Å². The number of nitrogens with two attached hydrogens (primary N) is 1. The smallest absolute Gasteiger partial charge is 0.341 e. The molecular weight excluding hydrogens is 338 g/mol. The first-order valence-electron chi connectivity index (χ1n) is 7.82. The Labute approximate surface area is 150 Å². The van der Waals surface area contributed by atoms with Gasteiger partial charge in [0.05, 0.1) is 16.2 Å². The lowest BCUT2D eigenvalue weighted by atomic mass is 10.1. The van der Waals surface area contributed by atoms with Crippen molar-refractivity contribution in [3.05, 3.63) is 63.2 Å². The number of carbonyl (C=O) groups excluding carboxylic acids is 2. The maximum absolute atomic E-state index is 12.3. The highest BCUT2D eigenvalue weighted by Crippen LogP contribution is 2.21. The van der Waals surface area contributed by atoms with Crippen LogP contribution in [0.25, 0.3) is 0 Å². The molecule has 0 aliphatic rings. The molecule has 0 spiro atoms. The van der Waals surface area contributed by atoms with Crippen LogP contribution in [0.4, 0.5) is 17.1 Å². The summed E-state index contributed by atoms with van der Waals surface area (Å²) < 4.78 is 5.12. The van der Waals surface area contributed by atoms with Crippen LogP contribution < -0.4 is 11.1 Å². The zero-order valence-corrected chi connectivity index (χ0v) is 14.6. The van der Waals surface area contributed by atoms with E-state index in [0.29, 0.717) is 5.69 Å². The van der Waals surface area contributed by atoms with E-state index >= 15 is 0 Å². The van der Waals surface area contributed by atoms with E-state index in [4.69, 9.17) is 10.5 Å². The van der Waals surface area contributed by atoms with Gasteiger partial charge in [-0.15, -0.1) is 0 Å². The molecule has 0 aliphatic heterocycles. The maximum atomic E-state index is 12.3. The van der Waals surface area contributed by atoms with Crippen molar-refractivity contribution >= 4 is 28.9 Å². The predicted octanol–water partition coefficient (Wildman–Crippen LogP) is 2.98. The molecule has 136 valence electrons. The molecule has 3 N–H and O–H groups in total. The van der Waals surface area contributed by atoms with Crippen molar-refractivity contribution < 1.29 is 19.2 Å². The summed E-state index contributed by atoms with van der Waals surface area (Å²) in [5.41, 5.74) is 7.79. The second-order valence-corrected chi connectivity index (χ2v) is 5.88. The number of hydrogen-bond acceptors (Lipinski definition) is 6. The largest absolute Gasteiger partial charge is 0.449 e. The lowest BCUT2D eigenvalue weighted by Gasteiger charge is -2.15. The lowest BCUT2D eigenvalue weighted by Crippen LogP contribution is -2.30. The zero-order chi connectivity index (χ0) is 19.4. The standard InChI is InChI=1S/C18H19N3O5/c1-10-4-5-11(2)16(8-10)20-17(22)12(3)26-18(23)14-7-6-13(21(24)25)9-15(14)19/h4-9,12H,19H2,1-3H3,(H,20,22)/t12-/m0/s1. The number of benzene rings is 2. The van der Waals surface area contributed by atoms with E-state index in [9.17, 15) is 19.7 Å². The Morgan fingerprint density at radius 3 is 2.50 bits per heavy atom. The van der Waals surface area contributed by atoms with Gasteiger partial charge in [0.25, 0.3) is 11.6 Å². The van der Waals surface area contributed by atoms with E-state index in [0.717, 1.165) is 23.3 Å². The zero-order valence-electron chi connectivity index (χ0n) is 14.6. The van der Waals surface area contributed by atoms with Crippen LogP contribution in [0.15, 0.2) is 36.4 Å². The third-order valence-corrected chi connectivity index (χ3v) is 3.77. The minimum atomic E-state index is -1.07. The molecule has 0 saturated heterocycles. The Bertz CT molecular complexity index is 879. The van der Waals surface area contributed by atoms with E-state index < -0.39 is 22.9 Å². The van der Waals surface area contributed by atoms with Crippen molar-refractivity contribution in [2.45, 2.75) is 26.9 Å². The number of nitro benzene ring substituents is 1. The molecule has 0 fully saturated rings. The third kappa shape index (κ3) is 4.35. The number of esters is 1. The van der Waals surface area contributed by atoms with E-state index in [1.807, 2.05) is 32.0 Å². The molecule has 2 rings (SSSR count). The van der Waals surface area contributed by atoms with Crippen molar-refractivity contribution in [2.75, 3.05) is 11.1 Å². The molecule has 8 nitrogen and oxygen atoms in total. The van der Waals surface area contributed by atoms with E-state index in [1.165, 1.54) is 13.0 Å². The fraction of sp³-hybridized carbons (Fsp3) is 0.222. The number of amides is 1. The number of ether oxygens (including phenoxy) is 1. The van der Waals surface area contributed by atoms with Gasteiger partial charge in [0.2, 0.25) is 0 Å². The summed E-state index contributed by atoms with van der Waals surface area (Å²) in [7, 11) is 0. The van der Waals surface area contributed by atoms with Gasteiger partial charge < -0.3 is 15.8 Å². The fourth-order valence-electron chi connectivity index (χ4n) is 2.23. The molecule has 0 bridgehead atoms. The highest BCUT2D eigenvalue weighted by Gasteiger charge is 2.22. The van der Waals surface area contributed by atoms with E-state index in [1.54, 1.807) is 0 Å². The lowest BCUT2D eigenvalue weighted by molar-refractivity contribution is -0.384. The summed E-state index contributed by atoms with van der Waals surface area (Å²) in [6.07, 6.45) is -1.07.